The number of fused-ring (bicyclic) bond motifs is 1. The Morgan fingerprint density at radius 1 is 1.47 bits per heavy atom. The van der Waals surface area contributed by atoms with Gasteiger partial charge in [0.2, 0.25) is 0 Å². The highest BCUT2D eigenvalue weighted by Crippen LogP contribution is 2.26. The van der Waals surface area contributed by atoms with Crippen molar-refractivity contribution in [2.24, 2.45) is 0 Å². The van der Waals surface area contributed by atoms with Gasteiger partial charge in [-0.1, -0.05) is 11.6 Å². The van der Waals surface area contributed by atoms with Crippen LogP contribution in [0.5, 0.6) is 0 Å². The molecule has 0 radical (unpaired) electrons. The molecule has 0 bridgehead atoms. The van der Waals surface area contributed by atoms with E-state index < -0.39 is 6.43 Å². The molecule has 2 aromatic rings. The first-order valence-electron chi connectivity index (χ1n) is 4.02. The molecular weight excluding hydrogens is 338 g/mol. The molecule has 0 atom stereocenters. The highest BCUT2D eigenvalue weighted by atomic mass is 127. The molecule has 2 heterocycles. The number of aromatic nitrogens is 3. The Hall–Kier alpha value is -0.500. The van der Waals surface area contributed by atoms with Crippen LogP contribution < -0.4 is 0 Å². The molecule has 0 spiro atoms. The number of alkyl halides is 2. The van der Waals surface area contributed by atoms with Crippen LogP contribution in [0.4, 0.5) is 8.78 Å². The fraction of sp³-hybridized carbons (Fsp3) is 0.250. The topological polar surface area (TPSA) is 30.7 Å². The summed E-state index contributed by atoms with van der Waals surface area (Å²) in [5, 5.41) is 0.915. The number of rotatable bonds is 2. The van der Waals surface area contributed by atoms with Crippen LogP contribution in [-0.2, 0) is 6.54 Å². The third-order valence-electron chi connectivity index (χ3n) is 1.90. The Labute approximate surface area is 103 Å². The molecule has 3 nitrogen and oxygen atoms in total. The fourth-order valence-electron chi connectivity index (χ4n) is 1.33. The Morgan fingerprint density at radius 3 is 2.87 bits per heavy atom. The third-order valence-corrected chi connectivity index (χ3v) is 3.00. The summed E-state index contributed by atoms with van der Waals surface area (Å²) >= 11 is 7.88. The maximum atomic E-state index is 12.3. The van der Waals surface area contributed by atoms with E-state index in [0.717, 1.165) is 3.57 Å². The van der Waals surface area contributed by atoms with Gasteiger partial charge in [0.15, 0.2) is 0 Å². The van der Waals surface area contributed by atoms with Crippen molar-refractivity contribution in [2.45, 2.75) is 13.0 Å². The molecule has 0 aliphatic carbocycles. The Kier molecular flexibility index (Phi) is 3.06. The number of halogens is 4. The van der Waals surface area contributed by atoms with Crippen LogP contribution in [-0.4, -0.2) is 21.0 Å². The molecule has 0 N–H and O–H groups in total. The lowest BCUT2D eigenvalue weighted by Crippen LogP contribution is -2.05. The zero-order chi connectivity index (χ0) is 11.0. The average Bonchev–Trinajstić information content (AvgIpc) is 2.44. The second-order valence-electron chi connectivity index (χ2n) is 2.88. The predicted octanol–water partition coefficient (Wildman–Crippen LogP) is 2.95. The standard InChI is InChI=1S/C8H5ClF2IN3/c9-7-6-4(12)1-15(2-5(10)11)8(6)14-3-13-7/h1,3,5H,2H2. The lowest BCUT2D eigenvalue weighted by Gasteiger charge is -2.02. The van der Waals surface area contributed by atoms with Crippen LogP contribution >= 0.6 is 34.2 Å². The lowest BCUT2D eigenvalue weighted by atomic mass is 10.4. The summed E-state index contributed by atoms with van der Waals surface area (Å²) in [6, 6.07) is 0. The maximum absolute atomic E-state index is 12.3. The molecule has 0 saturated carbocycles. The van der Waals surface area contributed by atoms with Crippen LogP contribution in [0.15, 0.2) is 12.5 Å². The molecule has 0 aliphatic heterocycles. The van der Waals surface area contributed by atoms with Gasteiger partial charge in [-0.05, 0) is 22.6 Å². The van der Waals surface area contributed by atoms with E-state index in [-0.39, 0.29) is 11.7 Å². The molecule has 2 rings (SSSR count). The van der Waals surface area contributed by atoms with E-state index >= 15 is 0 Å². The van der Waals surface area contributed by atoms with E-state index in [4.69, 9.17) is 11.6 Å². The zero-order valence-electron chi connectivity index (χ0n) is 7.29. The molecule has 7 heteroatoms. The smallest absolute Gasteiger partial charge is 0.256 e. The van der Waals surface area contributed by atoms with E-state index in [2.05, 4.69) is 9.97 Å². The van der Waals surface area contributed by atoms with Crippen molar-refractivity contribution in [1.82, 2.24) is 14.5 Å². The minimum atomic E-state index is -2.41. The number of nitrogens with zero attached hydrogens (tertiary/aromatic N) is 3. The molecule has 0 fully saturated rings. The van der Waals surface area contributed by atoms with E-state index in [1.165, 1.54) is 10.9 Å². The third kappa shape index (κ3) is 2.05. The molecule has 0 aromatic carbocycles. The van der Waals surface area contributed by atoms with Crippen molar-refractivity contribution < 1.29 is 8.78 Å². The van der Waals surface area contributed by atoms with Crippen molar-refractivity contribution in [3.05, 3.63) is 21.2 Å². The molecular formula is C8H5ClF2IN3. The van der Waals surface area contributed by atoms with Crippen LogP contribution in [0.2, 0.25) is 5.15 Å². The summed E-state index contributed by atoms with van der Waals surface area (Å²) in [4.78, 5) is 7.75. The Balaban J connectivity index is 2.63. The van der Waals surface area contributed by atoms with Crippen LogP contribution in [0.1, 0.15) is 0 Å². The van der Waals surface area contributed by atoms with Crippen molar-refractivity contribution >= 4 is 45.2 Å². The first-order chi connectivity index (χ1) is 7.09. The second-order valence-corrected chi connectivity index (χ2v) is 4.40. The average molecular weight is 344 g/mol. The summed E-state index contributed by atoms with van der Waals surface area (Å²) in [5.74, 6) is 0. The van der Waals surface area contributed by atoms with Crippen molar-refractivity contribution in [3.63, 3.8) is 0 Å². The van der Waals surface area contributed by atoms with E-state index in [9.17, 15) is 8.78 Å². The summed E-state index contributed by atoms with van der Waals surface area (Å²) in [6.07, 6.45) is 0.450. The van der Waals surface area contributed by atoms with E-state index in [0.29, 0.717) is 11.0 Å². The summed E-state index contributed by atoms with van der Waals surface area (Å²) in [6.45, 7) is -0.382. The molecule has 15 heavy (non-hydrogen) atoms. The zero-order valence-corrected chi connectivity index (χ0v) is 10.2. The van der Waals surface area contributed by atoms with Gasteiger partial charge in [0.25, 0.3) is 6.43 Å². The summed E-state index contributed by atoms with van der Waals surface area (Å²) < 4.78 is 26.7. The summed E-state index contributed by atoms with van der Waals surface area (Å²) in [7, 11) is 0. The van der Waals surface area contributed by atoms with Crippen LogP contribution in [0, 0.1) is 3.57 Å². The first kappa shape index (κ1) is 11.0. The highest BCUT2D eigenvalue weighted by Gasteiger charge is 2.14. The highest BCUT2D eigenvalue weighted by molar-refractivity contribution is 14.1. The van der Waals surface area contributed by atoms with Crippen LogP contribution in [0.25, 0.3) is 11.0 Å². The first-order valence-corrected chi connectivity index (χ1v) is 5.48. The predicted molar refractivity (Wildman–Crippen MR) is 61.3 cm³/mol. The van der Waals surface area contributed by atoms with Gasteiger partial charge < -0.3 is 4.57 Å². The number of hydrogen-bond donors (Lipinski definition) is 0. The van der Waals surface area contributed by atoms with Gasteiger partial charge in [-0.25, -0.2) is 18.7 Å². The molecule has 0 aliphatic rings. The second kappa shape index (κ2) is 4.17. The number of hydrogen-bond acceptors (Lipinski definition) is 2. The fourth-order valence-corrected chi connectivity index (χ4v) is 2.55. The molecule has 80 valence electrons. The monoisotopic (exact) mass is 343 g/mol. The quantitative estimate of drug-likeness (QED) is 0.620. The van der Waals surface area contributed by atoms with Crippen LogP contribution in [0.3, 0.4) is 0 Å². The van der Waals surface area contributed by atoms with Gasteiger partial charge in [-0.2, -0.15) is 0 Å². The SMILES string of the molecule is FC(F)Cn1cc(I)c2c(Cl)ncnc21. The van der Waals surface area contributed by atoms with Crippen molar-refractivity contribution in [1.29, 1.82) is 0 Å². The Morgan fingerprint density at radius 2 is 2.20 bits per heavy atom. The minimum absolute atomic E-state index is 0.289. The minimum Gasteiger partial charge on any atom is -0.326 e. The largest absolute Gasteiger partial charge is 0.326 e. The Bertz CT molecular complexity index is 500. The van der Waals surface area contributed by atoms with Gasteiger partial charge in [0, 0.05) is 9.77 Å². The molecule has 0 saturated heterocycles. The van der Waals surface area contributed by atoms with Gasteiger partial charge >= 0.3 is 0 Å². The van der Waals surface area contributed by atoms with Gasteiger partial charge in [-0.3, -0.25) is 0 Å². The maximum Gasteiger partial charge on any atom is 0.256 e. The molecule has 0 amide bonds. The summed E-state index contributed by atoms with van der Waals surface area (Å²) in [5.41, 5.74) is 0.444. The van der Waals surface area contributed by atoms with Gasteiger partial charge in [-0.15, -0.1) is 0 Å². The van der Waals surface area contributed by atoms with E-state index in [1.54, 1.807) is 6.20 Å². The van der Waals surface area contributed by atoms with E-state index in [1.807, 2.05) is 22.6 Å². The van der Waals surface area contributed by atoms with Crippen molar-refractivity contribution in [2.75, 3.05) is 0 Å². The molecule has 0 unspecified atom stereocenters. The van der Waals surface area contributed by atoms with Gasteiger partial charge in [0.1, 0.15) is 17.1 Å². The van der Waals surface area contributed by atoms with Crippen molar-refractivity contribution in [3.8, 4) is 0 Å². The molecule has 2 aromatic heterocycles. The van der Waals surface area contributed by atoms with Gasteiger partial charge in [0.05, 0.1) is 11.9 Å². The lowest BCUT2D eigenvalue weighted by molar-refractivity contribution is 0.128. The normalized spacial score (nSPS) is 11.5.